The summed E-state index contributed by atoms with van der Waals surface area (Å²) in [6.45, 7) is 4.50. The van der Waals surface area contributed by atoms with E-state index in [4.69, 9.17) is 10.5 Å². The minimum Gasteiger partial charge on any atom is -0.489 e. The number of benzene rings is 2. The largest absolute Gasteiger partial charge is 0.489 e. The van der Waals surface area contributed by atoms with Crippen LogP contribution >= 0.6 is 0 Å². The van der Waals surface area contributed by atoms with Crippen molar-refractivity contribution < 1.29 is 9.53 Å². The van der Waals surface area contributed by atoms with Crippen LogP contribution in [0.3, 0.4) is 0 Å². The van der Waals surface area contributed by atoms with E-state index in [9.17, 15) is 4.79 Å². The van der Waals surface area contributed by atoms with Gasteiger partial charge in [0.05, 0.1) is 6.04 Å². The SMILES string of the molecule is CCC(C)C(N)C(=O)Nc1ccc(COc2ccccc2)cc1. The van der Waals surface area contributed by atoms with E-state index in [1.165, 1.54) is 0 Å². The Labute approximate surface area is 137 Å². The highest BCUT2D eigenvalue weighted by Gasteiger charge is 2.19. The molecule has 0 fully saturated rings. The van der Waals surface area contributed by atoms with Crippen LogP contribution in [-0.2, 0) is 11.4 Å². The maximum atomic E-state index is 12.0. The van der Waals surface area contributed by atoms with Gasteiger partial charge in [-0.3, -0.25) is 4.79 Å². The van der Waals surface area contributed by atoms with E-state index in [0.29, 0.717) is 6.61 Å². The first-order valence-electron chi connectivity index (χ1n) is 7.93. The van der Waals surface area contributed by atoms with Gasteiger partial charge in [0.1, 0.15) is 12.4 Å². The van der Waals surface area contributed by atoms with Crippen molar-refractivity contribution in [2.45, 2.75) is 32.9 Å². The second kappa shape index (κ2) is 8.34. The molecule has 2 aromatic carbocycles. The van der Waals surface area contributed by atoms with Crippen molar-refractivity contribution in [1.82, 2.24) is 0 Å². The molecule has 4 nitrogen and oxygen atoms in total. The molecule has 3 N–H and O–H groups in total. The maximum Gasteiger partial charge on any atom is 0.241 e. The van der Waals surface area contributed by atoms with E-state index >= 15 is 0 Å². The summed E-state index contributed by atoms with van der Waals surface area (Å²) in [6, 6.07) is 16.8. The second-order valence-electron chi connectivity index (χ2n) is 5.70. The van der Waals surface area contributed by atoms with E-state index in [1.54, 1.807) is 0 Å². The van der Waals surface area contributed by atoms with Crippen molar-refractivity contribution >= 4 is 11.6 Å². The van der Waals surface area contributed by atoms with Crippen molar-refractivity contribution in [3.63, 3.8) is 0 Å². The molecule has 0 saturated heterocycles. The van der Waals surface area contributed by atoms with Crippen molar-refractivity contribution in [3.8, 4) is 5.75 Å². The summed E-state index contributed by atoms with van der Waals surface area (Å²) < 4.78 is 5.69. The molecular weight excluding hydrogens is 288 g/mol. The van der Waals surface area contributed by atoms with Crippen LogP contribution in [0.2, 0.25) is 0 Å². The molecule has 0 aliphatic rings. The highest BCUT2D eigenvalue weighted by atomic mass is 16.5. The Morgan fingerprint density at radius 3 is 2.39 bits per heavy atom. The van der Waals surface area contributed by atoms with E-state index in [1.807, 2.05) is 68.4 Å². The normalized spacial score (nSPS) is 13.2. The lowest BCUT2D eigenvalue weighted by Gasteiger charge is -2.17. The van der Waals surface area contributed by atoms with Crippen LogP contribution in [-0.4, -0.2) is 11.9 Å². The van der Waals surface area contributed by atoms with Crippen LogP contribution in [0.5, 0.6) is 5.75 Å². The van der Waals surface area contributed by atoms with E-state index in [0.717, 1.165) is 23.4 Å². The molecule has 0 aliphatic heterocycles. The molecule has 1 amide bonds. The highest BCUT2D eigenvalue weighted by Crippen LogP contribution is 2.15. The van der Waals surface area contributed by atoms with Crippen LogP contribution in [0.4, 0.5) is 5.69 Å². The Morgan fingerprint density at radius 2 is 1.78 bits per heavy atom. The number of hydrogen-bond donors (Lipinski definition) is 2. The summed E-state index contributed by atoms with van der Waals surface area (Å²) in [4.78, 5) is 12.0. The van der Waals surface area contributed by atoms with Gasteiger partial charge in [0.15, 0.2) is 0 Å². The van der Waals surface area contributed by atoms with Crippen LogP contribution in [0, 0.1) is 5.92 Å². The van der Waals surface area contributed by atoms with Gasteiger partial charge >= 0.3 is 0 Å². The van der Waals surface area contributed by atoms with E-state index in [2.05, 4.69) is 5.32 Å². The number of anilines is 1. The molecule has 2 aromatic rings. The fourth-order valence-electron chi connectivity index (χ4n) is 2.11. The Balaban J connectivity index is 1.88. The Bertz CT molecular complexity index is 611. The molecular formula is C19H24N2O2. The second-order valence-corrected chi connectivity index (χ2v) is 5.70. The van der Waals surface area contributed by atoms with E-state index in [-0.39, 0.29) is 11.8 Å². The van der Waals surface area contributed by atoms with Gasteiger partial charge in [0.2, 0.25) is 5.91 Å². The summed E-state index contributed by atoms with van der Waals surface area (Å²) in [5, 5.41) is 2.85. The average Bonchev–Trinajstić information content (AvgIpc) is 2.60. The zero-order valence-corrected chi connectivity index (χ0v) is 13.7. The van der Waals surface area contributed by atoms with Gasteiger partial charge in [-0.25, -0.2) is 0 Å². The number of para-hydroxylation sites is 1. The number of nitrogens with one attached hydrogen (secondary N) is 1. The Morgan fingerprint density at radius 1 is 1.13 bits per heavy atom. The molecule has 2 rings (SSSR count). The molecule has 2 atom stereocenters. The monoisotopic (exact) mass is 312 g/mol. The van der Waals surface area contributed by atoms with Gasteiger partial charge in [0, 0.05) is 5.69 Å². The van der Waals surface area contributed by atoms with Crippen LogP contribution in [0.25, 0.3) is 0 Å². The average molecular weight is 312 g/mol. The number of carbonyl (C=O) groups excluding carboxylic acids is 1. The predicted molar refractivity (Wildman–Crippen MR) is 93.3 cm³/mol. The van der Waals surface area contributed by atoms with E-state index < -0.39 is 6.04 Å². The van der Waals surface area contributed by atoms with Gasteiger partial charge in [-0.1, -0.05) is 50.6 Å². The van der Waals surface area contributed by atoms with Gasteiger partial charge < -0.3 is 15.8 Å². The molecule has 0 radical (unpaired) electrons. The fraction of sp³-hybridized carbons (Fsp3) is 0.316. The summed E-state index contributed by atoms with van der Waals surface area (Å²) >= 11 is 0. The summed E-state index contributed by atoms with van der Waals surface area (Å²) in [5.41, 5.74) is 7.72. The number of rotatable bonds is 7. The Kier molecular flexibility index (Phi) is 6.18. The molecule has 2 unspecified atom stereocenters. The third kappa shape index (κ3) is 5.11. The fourth-order valence-corrected chi connectivity index (χ4v) is 2.11. The highest BCUT2D eigenvalue weighted by molar-refractivity contribution is 5.94. The molecule has 0 bridgehead atoms. The van der Waals surface area contributed by atoms with Gasteiger partial charge in [-0.15, -0.1) is 0 Å². The summed E-state index contributed by atoms with van der Waals surface area (Å²) in [7, 11) is 0. The molecule has 0 aromatic heterocycles. The zero-order chi connectivity index (χ0) is 16.7. The number of ether oxygens (including phenoxy) is 1. The summed E-state index contributed by atoms with van der Waals surface area (Å²) in [6.07, 6.45) is 0.879. The molecule has 122 valence electrons. The zero-order valence-electron chi connectivity index (χ0n) is 13.7. The third-order valence-corrected chi connectivity index (χ3v) is 3.93. The first-order chi connectivity index (χ1) is 11.1. The molecule has 0 aliphatic carbocycles. The molecule has 0 heterocycles. The smallest absolute Gasteiger partial charge is 0.241 e. The van der Waals surface area contributed by atoms with Crippen molar-refractivity contribution in [3.05, 3.63) is 60.2 Å². The standard InChI is InChI=1S/C19H24N2O2/c1-3-14(2)18(20)19(22)21-16-11-9-15(10-12-16)13-23-17-7-5-4-6-8-17/h4-12,14,18H,3,13,20H2,1-2H3,(H,21,22). The summed E-state index contributed by atoms with van der Waals surface area (Å²) in [5.74, 6) is 0.852. The van der Waals surface area contributed by atoms with Crippen molar-refractivity contribution in [2.24, 2.45) is 11.7 Å². The first kappa shape index (κ1) is 17.0. The quantitative estimate of drug-likeness (QED) is 0.821. The minimum atomic E-state index is -0.485. The Hall–Kier alpha value is -2.33. The molecule has 23 heavy (non-hydrogen) atoms. The lowest BCUT2D eigenvalue weighted by atomic mass is 9.99. The first-order valence-corrected chi connectivity index (χ1v) is 7.93. The van der Waals surface area contributed by atoms with Crippen molar-refractivity contribution in [2.75, 3.05) is 5.32 Å². The number of amides is 1. The molecule has 4 heteroatoms. The van der Waals surface area contributed by atoms with Gasteiger partial charge in [-0.05, 0) is 35.7 Å². The molecule has 0 saturated carbocycles. The van der Waals surface area contributed by atoms with Crippen LogP contribution in [0.15, 0.2) is 54.6 Å². The van der Waals surface area contributed by atoms with Crippen molar-refractivity contribution in [1.29, 1.82) is 0 Å². The number of carbonyl (C=O) groups is 1. The molecule has 0 spiro atoms. The third-order valence-electron chi connectivity index (χ3n) is 3.93. The van der Waals surface area contributed by atoms with Gasteiger partial charge in [0.25, 0.3) is 0 Å². The lowest BCUT2D eigenvalue weighted by molar-refractivity contribution is -0.118. The maximum absolute atomic E-state index is 12.0. The number of nitrogens with two attached hydrogens (primary N) is 1. The number of hydrogen-bond acceptors (Lipinski definition) is 3. The minimum absolute atomic E-state index is 0.146. The predicted octanol–water partition coefficient (Wildman–Crippen LogP) is 3.58. The topological polar surface area (TPSA) is 64.4 Å². The van der Waals surface area contributed by atoms with Crippen LogP contribution in [0.1, 0.15) is 25.8 Å². The van der Waals surface area contributed by atoms with Crippen LogP contribution < -0.4 is 15.8 Å². The lowest BCUT2D eigenvalue weighted by Crippen LogP contribution is -2.40. The van der Waals surface area contributed by atoms with Gasteiger partial charge in [-0.2, -0.15) is 0 Å².